The lowest BCUT2D eigenvalue weighted by atomic mass is 10.0. The fourth-order valence-corrected chi connectivity index (χ4v) is 2.41. The van der Waals surface area contributed by atoms with Crippen molar-refractivity contribution >= 4 is 15.9 Å². The zero-order valence-electron chi connectivity index (χ0n) is 10.5. The number of nitrogens with zero attached hydrogens (tertiary/aromatic N) is 1. The van der Waals surface area contributed by atoms with Crippen LogP contribution in [0.2, 0.25) is 0 Å². The second-order valence-corrected chi connectivity index (χ2v) is 5.81. The van der Waals surface area contributed by atoms with E-state index in [9.17, 15) is 4.79 Å². The predicted molar refractivity (Wildman–Crippen MR) is 70.8 cm³/mol. The van der Waals surface area contributed by atoms with Gasteiger partial charge in [-0.3, -0.25) is 4.79 Å². The lowest BCUT2D eigenvalue weighted by Gasteiger charge is -2.27. The summed E-state index contributed by atoms with van der Waals surface area (Å²) in [6, 6.07) is 0. The van der Waals surface area contributed by atoms with Gasteiger partial charge in [-0.1, -0.05) is 0 Å². The molecule has 0 bridgehead atoms. The highest BCUT2D eigenvalue weighted by Gasteiger charge is 2.22. The van der Waals surface area contributed by atoms with E-state index in [0.29, 0.717) is 5.56 Å². The maximum Gasteiger partial charge on any atom is 0.256 e. The van der Waals surface area contributed by atoms with Crippen LogP contribution in [0.25, 0.3) is 0 Å². The summed E-state index contributed by atoms with van der Waals surface area (Å²) in [5.74, 6) is 0. The summed E-state index contributed by atoms with van der Waals surface area (Å²) >= 11 is 3.53. The maximum atomic E-state index is 12.3. The lowest BCUT2D eigenvalue weighted by molar-refractivity contribution is 0.372. The first-order valence-electron chi connectivity index (χ1n) is 5.33. The fourth-order valence-electron chi connectivity index (χ4n) is 2.00. The van der Waals surface area contributed by atoms with E-state index < -0.39 is 0 Å². The Bertz CT molecular complexity index is 469. The van der Waals surface area contributed by atoms with Crippen molar-refractivity contribution in [1.29, 1.82) is 0 Å². The van der Waals surface area contributed by atoms with Crippen molar-refractivity contribution in [2.45, 2.75) is 46.7 Å². The number of rotatable bonds is 1. The summed E-state index contributed by atoms with van der Waals surface area (Å²) in [7, 11) is 0. The molecule has 1 aromatic heterocycles. The maximum absolute atomic E-state index is 12.3. The summed E-state index contributed by atoms with van der Waals surface area (Å²) < 4.78 is 2.77. The molecule has 0 unspecified atom stereocenters. The number of halogens is 1. The summed E-state index contributed by atoms with van der Waals surface area (Å²) in [4.78, 5) is 12.3. The molecule has 16 heavy (non-hydrogen) atoms. The van der Waals surface area contributed by atoms with Crippen molar-refractivity contribution in [3.05, 3.63) is 31.6 Å². The van der Waals surface area contributed by atoms with E-state index >= 15 is 0 Å². The van der Waals surface area contributed by atoms with Crippen LogP contribution in [-0.4, -0.2) is 4.57 Å². The average Bonchev–Trinajstić information content (AvgIpc) is 2.13. The first-order chi connectivity index (χ1) is 7.21. The van der Waals surface area contributed by atoms with Crippen molar-refractivity contribution in [3.63, 3.8) is 0 Å². The molecular formula is C12H19BrN2O. The summed E-state index contributed by atoms with van der Waals surface area (Å²) in [6.07, 6.45) is 0. The number of aromatic nitrogens is 1. The average molecular weight is 287 g/mol. The van der Waals surface area contributed by atoms with Gasteiger partial charge in [0.05, 0.1) is 0 Å². The highest BCUT2D eigenvalue weighted by atomic mass is 79.9. The normalized spacial score (nSPS) is 11.9. The van der Waals surface area contributed by atoms with Crippen molar-refractivity contribution < 1.29 is 0 Å². The highest BCUT2D eigenvalue weighted by molar-refractivity contribution is 9.10. The van der Waals surface area contributed by atoms with Gasteiger partial charge in [0.15, 0.2) is 0 Å². The Morgan fingerprint density at radius 1 is 1.31 bits per heavy atom. The van der Waals surface area contributed by atoms with Crippen molar-refractivity contribution in [2.75, 3.05) is 0 Å². The van der Waals surface area contributed by atoms with Crippen LogP contribution >= 0.6 is 15.9 Å². The smallest absolute Gasteiger partial charge is 0.256 e. The molecule has 4 heteroatoms. The zero-order chi connectivity index (χ0) is 12.7. The molecule has 1 rings (SSSR count). The third-order valence-corrected chi connectivity index (χ3v) is 3.94. The zero-order valence-corrected chi connectivity index (χ0v) is 12.1. The Morgan fingerprint density at radius 3 is 2.19 bits per heavy atom. The van der Waals surface area contributed by atoms with E-state index in [-0.39, 0.29) is 17.6 Å². The van der Waals surface area contributed by atoms with E-state index in [4.69, 9.17) is 5.73 Å². The molecule has 0 radical (unpaired) electrons. The molecule has 0 atom stereocenters. The van der Waals surface area contributed by atoms with Crippen LogP contribution < -0.4 is 11.3 Å². The van der Waals surface area contributed by atoms with E-state index in [1.54, 1.807) is 4.57 Å². The van der Waals surface area contributed by atoms with Gasteiger partial charge in [-0.25, -0.2) is 0 Å². The topological polar surface area (TPSA) is 48.0 Å². The van der Waals surface area contributed by atoms with Gasteiger partial charge < -0.3 is 10.3 Å². The van der Waals surface area contributed by atoms with Gasteiger partial charge in [0, 0.05) is 27.8 Å². The second kappa shape index (κ2) is 4.34. The van der Waals surface area contributed by atoms with Gasteiger partial charge >= 0.3 is 0 Å². The molecule has 1 aromatic rings. The molecule has 0 aliphatic rings. The Morgan fingerprint density at radius 2 is 1.81 bits per heavy atom. The summed E-state index contributed by atoms with van der Waals surface area (Å²) in [5, 5.41) is 0. The van der Waals surface area contributed by atoms with Crippen LogP contribution in [0.1, 0.15) is 37.6 Å². The van der Waals surface area contributed by atoms with Crippen LogP contribution in [0.15, 0.2) is 9.27 Å². The van der Waals surface area contributed by atoms with Crippen LogP contribution in [0.4, 0.5) is 0 Å². The lowest BCUT2D eigenvalue weighted by Crippen LogP contribution is -2.38. The molecule has 3 nitrogen and oxygen atoms in total. The molecule has 0 aliphatic carbocycles. The molecule has 0 aliphatic heterocycles. The molecule has 1 heterocycles. The largest absolute Gasteiger partial charge is 0.326 e. The standard InChI is InChI=1S/C12H19BrN2O/c1-7-9(6-14)11(16)15(12(3,4)5)8(2)10(7)13/h6,14H2,1-5H3. The van der Waals surface area contributed by atoms with Crippen LogP contribution in [0, 0.1) is 13.8 Å². The Labute approximate surface area is 105 Å². The molecule has 2 N–H and O–H groups in total. The van der Waals surface area contributed by atoms with E-state index in [1.165, 1.54) is 0 Å². The van der Waals surface area contributed by atoms with Crippen molar-refractivity contribution in [3.8, 4) is 0 Å². The van der Waals surface area contributed by atoms with Gasteiger partial charge in [-0.2, -0.15) is 0 Å². The molecule has 0 fully saturated rings. The number of hydrogen-bond acceptors (Lipinski definition) is 2. The predicted octanol–water partition coefficient (Wildman–Crippen LogP) is 2.44. The molecular weight excluding hydrogens is 268 g/mol. The van der Waals surface area contributed by atoms with Gasteiger partial charge in [-0.15, -0.1) is 0 Å². The van der Waals surface area contributed by atoms with E-state index in [1.807, 2.05) is 34.6 Å². The van der Waals surface area contributed by atoms with Crippen molar-refractivity contribution in [1.82, 2.24) is 4.57 Å². The van der Waals surface area contributed by atoms with E-state index in [2.05, 4.69) is 15.9 Å². The SMILES string of the molecule is Cc1c(Br)c(C)n(C(C)(C)C)c(=O)c1CN. The fraction of sp³-hybridized carbons (Fsp3) is 0.583. The van der Waals surface area contributed by atoms with Gasteiger partial charge in [0.25, 0.3) is 5.56 Å². The summed E-state index contributed by atoms with van der Waals surface area (Å²) in [5.41, 5.74) is 8.02. The molecule has 0 saturated heterocycles. The highest BCUT2D eigenvalue weighted by Crippen LogP contribution is 2.25. The number of pyridine rings is 1. The third-order valence-electron chi connectivity index (χ3n) is 2.77. The van der Waals surface area contributed by atoms with Gasteiger partial charge in [-0.05, 0) is 56.1 Å². The van der Waals surface area contributed by atoms with Crippen LogP contribution in [0.3, 0.4) is 0 Å². The third kappa shape index (κ3) is 2.09. The molecule has 0 spiro atoms. The van der Waals surface area contributed by atoms with Crippen LogP contribution in [-0.2, 0) is 12.1 Å². The van der Waals surface area contributed by atoms with Gasteiger partial charge in [0.2, 0.25) is 0 Å². The van der Waals surface area contributed by atoms with Gasteiger partial charge in [0.1, 0.15) is 0 Å². The number of hydrogen-bond donors (Lipinski definition) is 1. The summed E-state index contributed by atoms with van der Waals surface area (Å²) in [6.45, 7) is 10.2. The molecule has 0 saturated carbocycles. The minimum atomic E-state index is -0.235. The minimum Gasteiger partial charge on any atom is -0.326 e. The quantitative estimate of drug-likeness (QED) is 0.862. The van der Waals surface area contributed by atoms with E-state index in [0.717, 1.165) is 15.7 Å². The van der Waals surface area contributed by atoms with Crippen molar-refractivity contribution in [2.24, 2.45) is 5.73 Å². The Balaban J connectivity index is 3.77. The van der Waals surface area contributed by atoms with Crippen LogP contribution in [0.5, 0.6) is 0 Å². The monoisotopic (exact) mass is 286 g/mol. The molecule has 90 valence electrons. The Kier molecular flexibility index (Phi) is 3.65. The first-order valence-corrected chi connectivity index (χ1v) is 6.12. The molecule has 0 aromatic carbocycles. The second-order valence-electron chi connectivity index (χ2n) is 5.02. The Hall–Kier alpha value is -0.610. The minimum absolute atomic E-state index is 0.0215. The number of nitrogens with two attached hydrogens (primary N) is 1. The molecule has 0 amide bonds. The first kappa shape index (κ1) is 13.5.